The lowest BCUT2D eigenvalue weighted by Gasteiger charge is -2.49. The third-order valence-electron chi connectivity index (χ3n) is 6.70. The Balaban J connectivity index is 1.62. The molecule has 0 saturated carbocycles. The molecule has 4 atom stereocenters. The van der Waals surface area contributed by atoms with E-state index in [2.05, 4.69) is 6.58 Å². The highest BCUT2D eigenvalue weighted by Crippen LogP contribution is 2.56. The fourth-order valence-electron chi connectivity index (χ4n) is 4.80. The maximum atomic E-state index is 11.6. The molecule has 5 rings (SSSR count). The van der Waals surface area contributed by atoms with Gasteiger partial charge in [-0.25, -0.2) is 0 Å². The lowest BCUT2D eigenvalue weighted by atomic mass is 9.67. The van der Waals surface area contributed by atoms with E-state index < -0.39 is 11.5 Å². The van der Waals surface area contributed by atoms with Crippen LogP contribution >= 0.6 is 0 Å². The van der Waals surface area contributed by atoms with Gasteiger partial charge in [0.25, 0.3) is 0 Å². The molecule has 6 heteroatoms. The van der Waals surface area contributed by atoms with Gasteiger partial charge in [-0.3, -0.25) is 0 Å². The van der Waals surface area contributed by atoms with Crippen molar-refractivity contribution in [3.05, 3.63) is 53.1 Å². The summed E-state index contributed by atoms with van der Waals surface area (Å²) < 4.78 is 29.5. The topological polar surface area (TPSA) is 66.4 Å². The van der Waals surface area contributed by atoms with E-state index in [-0.39, 0.29) is 12.2 Å². The molecule has 0 radical (unpaired) electrons. The van der Waals surface area contributed by atoms with E-state index in [1.807, 2.05) is 38.1 Å². The SMILES string of the molecule is C=C(C)[C@H]1Cc2c(ccc3c2OC2COc4cc(OC)c(OC)cc4C2(C)C3O)O1. The van der Waals surface area contributed by atoms with Gasteiger partial charge in [0.05, 0.1) is 25.7 Å². The molecule has 0 amide bonds. The third-order valence-corrected chi connectivity index (χ3v) is 6.70. The zero-order chi connectivity index (χ0) is 21.2. The van der Waals surface area contributed by atoms with Gasteiger partial charge in [-0.2, -0.15) is 0 Å². The lowest BCUT2D eigenvalue weighted by Crippen LogP contribution is -2.54. The molecule has 3 unspecified atom stereocenters. The maximum absolute atomic E-state index is 11.6. The van der Waals surface area contributed by atoms with Crippen LogP contribution in [0.25, 0.3) is 0 Å². The molecule has 3 aliphatic rings. The van der Waals surface area contributed by atoms with Crippen molar-refractivity contribution >= 4 is 0 Å². The number of ether oxygens (including phenoxy) is 5. The molecule has 2 aromatic rings. The quantitative estimate of drug-likeness (QED) is 0.778. The first-order chi connectivity index (χ1) is 14.4. The van der Waals surface area contributed by atoms with Crippen LogP contribution in [0, 0.1) is 0 Å². The molecule has 6 nitrogen and oxygen atoms in total. The Morgan fingerprint density at radius 2 is 1.87 bits per heavy atom. The van der Waals surface area contributed by atoms with Crippen LogP contribution in [0.5, 0.6) is 28.7 Å². The Morgan fingerprint density at radius 3 is 2.57 bits per heavy atom. The second-order valence-corrected chi connectivity index (χ2v) is 8.42. The summed E-state index contributed by atoms with van der Waals surface area (Å²) in [5.41, 5.74) is 2.85. The van der Waals surface area contributed by atoms with Gasteiger partial charge in [0.15, 0.2) is 11.5 Å². The van der Waals surface area contributed by atoms with E-state index >= 15 is 0 Å². The van der Waals surface area contributed by atoms with E-state index in [1.54, 1.807) is 14.2 Å². The summed E-state index contributed by atoms with van der Waals surface area (Å²) >= 11 is 0. The van der Waals surface area contributed by atoms with Crippen LogP contribution in [0.1, 0.15) is 36.6 Å². The molecule has 3 aliphatic heterocycles. The minimum atomic E-state index is -0.777. The van der Waals surface area contributed by atoms with E-state index in [4.69, 9.17) is 23.7 Å². The number of rotatable bonds is 3. The highest BCUT2D eigenvalue weighted by Gasteiger charge is 2.54. The maximum Gasteiger partial charge on any atom is 0.164 e. The summed E-state index contributed by atoms with van der Waals surface area (Å²) in [5, 5.41) is 11.6. The highest BCUT2D eigenvalue weighted by atomic mass is 16.5. The molecule has 30 heavy (non-hydrogen) atoms. The van der Waals surface area contributed by atoms with Gasteiger partial charge in [-0.1, -0.05) is 6.58 Å². The molecule has 0 aromatic heterocycles. The molecular weight excluding hydrogens is 384 g/mol. The summed E-state index contributed by atoms with van der Waals surface area (Å²) in [7, 11) is 3.19. The first kappa shape index (κ1) is 19.1. The molecule has 1 N–H and O–H groups in total. The van der Waals surface area contributed by atoms with Gasteiger partial charge < -0.3 is 28.8 Å². The monoisotopic (exact) mass is 410 g/mol. The zero-order valence-corrected chi connectivity index (χ0v) is 17.7. The zero-order valence-electron chi connectivity index (χ0n) is 17.7. The molecule has 0 bridgehead atoms. The predicted molar refractivity (Wildman–Crippen MR) is 111 cm³/mol. The molecule has 3 heterocycles. The molecule has 0 fully saturated rings. The van der Waals surface area contributed by atoms with Gasteiger partial charge in [0, 0.05) is 29.2 Å². The summed E-state index contributed by atoms with van der Waals surface area (Å²) in [6.45, 7) is 8.32. The largest absolute Gasteiger partial charge is 0.493 e. The standard InChI is InChI=1S/C24H26O6/c1-12(2)17-8-14-16(29-17)7-6-13-22(14)30-21-11-28-18-10-20(27-5)19(26-4)9-15(18)24(21,3)23(13)25/h6-7,9-10,17,21,23,25H,1,8,11H2,2-5H3/t17-,21?,23?,24?/m1/s1. The number of methoxy groups -OCH3 is 2. The van der Waals surface area contributed by atoms with Crippen molar-refractivity contribution in [1.29, 1.82) is 0 Å². The van der Waals surface area contributed by atoms with Crippen LogP contribution in [-0.4, -0.2) is 38.1 Å². The Hall–Kier alpha value is -2.86. The van der Waals surface area contributed by atoms with Crippen molar-refractivity contribution in [1.82, 2.24) is 0 Å². The fourth-order valence-corrected chi connectivity index (χ4v) is 4.80. The van der Waals surface area contributed by atoms with Gasteiger partial charge in [-0.15, -0.1) is 0 Å². The number of aliphatic hydroxyl groups excluding tert-OH is 1. The van der Waals surface area contributed by atoms with Gasteiger partial charge in [0.2, 0.25) is 0 Å². The minimum Gasteiger partial charge on any atom is -0.493 e. The van der Waals surface area contributed by atoms with Crippen LogP contribution < -0.4 is 23.7 Å². The number of aliphatic hydroxyl groups is 1. The number of fused-ring (bicyclic) bond motifs is 6. The predicted octanol–water partition coefficient (Wildman–Crippen LogP) is 3.73. The number of hydrogen-bond acceptors (Lipinski definition) is 6. The van der Waals surface area contributed by atoms with E-state index in [0.717, 1.165) is 28.0 Å². The van der Waals surface area contributed by atoms with Gasteiger partial charge >= 0.3 is 0 Å². The van der Waals surface area contributed by atoms with E-state index in [0.29, 0.717) is 36.0 Å². The third kappa shape index (κ3) is 2.46. The second-order valence-electron chi connectivity index (χ2n) is 8.42. The average molecular weight is 410 g/mol. The lowest BCUT2D eigenvalue weighted by molar-refractivity contribution is -0.0516. The van der Waals surface area contributed by atoms with Crippen molar-refractivity contribution < 1.29 is 28.8 Å². The van der Waals surface area contributed by atoms with Crippen molar-refractivity contribution in [2.75, 3.05) is 20.8 Å². The van der Waals surface area contributed by atoms with E-state index in [1.165, 1.54) is 0 Å². The van der Waals surface area contributed by atoms with E-state index in [9.17, 15) is 5.11 Å². The van der Waals surface area contributed by atoms with Crippen molar-refractivity contribution in [2.24, 2.45) is 0 Å². The van der Waals surface area contributed by atoms with Crippen LogP contribution in [-0.2, 0) is 11.8 Å². The molecule has 0 aliphatic carbocycles. The van der Waals surface area contributed by atoms with Crippen molar-refractivity contribution in [3.63, 3.8) is 0 Å². The normalized spacial score (nSPS) is 28.0. The average Bonchev–Trinajstić information content (AvgIpc) is 3.19. The number of hydrogen-bond donors (Lipinski definition) is 1. The Bertz CT molecular complexity index is 1040. The summed E-state index contributed by atoms with van der Waals surface area (Å²) in [4.78, 5) is 0. The Kier molecular flexibility index (Phi) is 4.19. The van der Waals surface area contributed by atoms with Crippen LogP contribution in [0.2, 0.25) is 0 Å². The molecular formula is C24H26O6. The molecule has 2 aromatic carbocycles. The smallest absolute Gasteiger partial charge is 0.164 e. The van der Waals surface area contributed by atoms with Crippen LogP contribution in [0.3, 0.4) is 0 Å². The first-order valence-corrected chi connectivity index (χ1v) is 10.1. The first-order valence-electron chi connectivity index (χ1n) is 10.1. The Morgan fingerprint density at radius 1 is 1.13 bits per heavy atom. The highest BCUT2D eigenvalue weighted by molar-refractivity contribution is 5.60. The summed E-state index contributed by atoms with van der Waals surface area (Å²) in [6, 6.07) is 7.51. The fraction of sp³-hybridized carbons (Fsp3) is 0.417. The van der Waals surface area contributed by atoms with Crippen molar-refractivity contribution in [3.8, 4) is 28.7 Å². The van der Waals surface area contributed by atoms with Gasteiger partial charge in [0.1, 0.15) is 36.1 Å². The molecule has 158 valence electrons. The van der Waals surface area contributed by atoms with Crippen molar-refractivity contribution in [2.45, 2.75) is 44.0 Å². The minimum absolute atomic E-state index is 0.0689. The Labute approximate surface area is 176 Å². The number of benzene rings is 2. The molecule has 0 spiro atoms. The van der Waals surface area contributed by atoms with Crippen LogP contribution in [0.4, 0.5) is 0 Å². The summed E-state index contributed by atoms with van der Waals surface area (Å²) in [5.74, 6) is 3.35. The van der Waals surface area contributed by atoms with Crippen LogP contribution in [0.15, 0.2) is 36.4 Å². The molecule has 0 saturated heterocycles. The summed E-state index contributed by atoms with van der Waals surface area (Å²) in [6.07, 6.45) is -0.519. The second kappa shape index (κ2) is 6.57. The van der Waals surface area contributed by atoms with Gasteiger partial charge in [-0.05, 0) is 37.6 Å².